The molecule has 1 aromatic heterocycles. The van der Waals surface area contributed by atoms with Crippen molar-refractivity contribution in [3.63, 3.8) is 0 Å². The van der Waals surface area contributed by atoms with E-state index in [0.717, 1.165) is 6.42 Å². The second-order valence-electron chi connectivity index (χ2n) is 11.0. The van der Waals surface area contributed by atoms with Gasteiger partial charge in [0.1, 0.15) is 0 Å². The van der Waals surface area contributed by atoms with Gasteiger partial charge in [0.05, 0.1) is 11.0 Å². The highest BCUT2D eigenvalue weighted by molar-refractivity contribution is 6.13. The third-order valence-electron chi connectivity index (χ3n) is 8.79. The standard InChI is InChI=1S/C39H25N/c1-3-11-31-25(8-1)10-7-14-32(31)27-18-20-30(21-19-27)40-37-15-6-5-13-34(37)36-24-35-29(23-38(36)40)22-28-17-16-26-9-2-4-12-33(26)39(28)35/h1-21,23-24H,22H2. The van der Waals surface area contributed by atoms with E-state index in [0.29, 0.717) is 0 Å². The van der Waals surface area contributed by atoms with Crippen LogP contribution in [0, 0.1) is 0 Å². The number of rotatable bonds is 2. The average molecular weight is 508 g/mol. The van der Waals surface area contributed by atoms with Gasteiger partial charge in [-0.2, -0.15) is 0 Å². The molecule has 1 aliphatic carbocycles. The Hall–Kier alpha value is -5.14. The van der Waals surface area contributed by atoms with Gasteiger partial charge in [0, 0.05) is 16.5 Å². The van der Waals surface area contributed by atoms with E-state index in [4.69, 9.17) is 0 Å². The van der Waals surface area contributed by atoms with E-state index in [9.17, 15) is 0 Å². The smallest absolute Gasteiger partial charge is 0.0544 e. The molecule has 7 aromatic carbocycles. The van der Waals surface area contributed by atoms with Crippen LogP contribution in [0.5, 0.6) is 0 Å². The van der Waals surface area contributed by atoms with Crippen LogP contribution in [0.3, 0.4) is 0 Å². The van der Waals surface area contributed by atoms with E-state index in [2.05, 4.69) is 144 Å². The summed E-state index contributed by atoms with van der Waals surface area (Å²) in [6.45, 7) is 0. The van der Waals surface area contributed by atoms with Crippen molar-refractivity contribution in [1.82, 2.24) is 4.57 Å². The molecule has 186 valence electrons. The van der Waals surface area contributed by atoms with E-state index in [1.54, 1.807) is 0 Å². The summed E-state index contributed by atoms with van der Waals surface area (Å²) in [5.74, 6) is 0. The Balaban J connectivity index is 1.25. The maximum atomic E-state index is 2.45. The summed E-state index contributed by atoms with van der Waals surface area (Å²) in [6.07, 6.45) is 0.979. The third-order valence-corrected chi connectivity index (χ3v) is 8.79. The molecule has 0 aliphatic heterocycles. The maximum Gasteiger partial charge on any atom is 0.0544 e. The highest BCUT2D eigenvalue weighted by atomic mass is 15.0. The number of nitrogens with zero attached hydrogens (tertiary/aromatic N) is 1. The quantitative estimate of drug-likeness (QED) is 0.219. The van der Waals surface area contributed by atoms with Gasteiger partial charge in [0.2, 0.25) is 0 Å². The molecule has 0 spiro atoms. The SMILES string of the molecule is c1ccc2c(-c3ccc(-n4c5ccccc5c5cc6c(cc54)Cc4ccc5ccccc5c4-6)cc3)cccc2c1. The molecule has 8 aromatic rings. The van der Waals surface area contributed by atoms with Gasteiger partial charge >= 0.3 is 0 Å². The Morgan fingerprint density at radius 1 is 0.425 bits per heavy atom. The fourth-order valence-electron chi connectivity index (χ4n) is 6.97. The minimum Gasteiger partial charge on any atom is -0.309 e. The molecular formula is C39H25N. The highest BCUT2D eigenvalue weighted by Crippen LogP contribution is 2.45. The Kier molecular flexibility index (Phi) is 4.45. The highest BCUT2D eigenvalue weighted by Gasteiger charge is 2.24. The predicted octanol–water partition coefficient (Wildman–Crippen LogP) is 10.3. The molecule has 40 heavy (non-hydrogen) atoms. The topological polar surface area (TPSA) is 4.93 Å². The Morgan fingerprint density at radius 3 is 1.98 bits per heavy atom. The van der Waals surface area contributed by atoms with Gasteiger partial charge in [-0.3, -0.25) is 0 Å². The summed E-state index contributed by atoms with van der Waals surface area (Å²) in [5.41, 5.74) is 11.9. The van der Waals surface area contributed by atoms with Crippen molar-refractivity contribution in [2.75, 3.05) is 0 Å². The van der Waals surface area contributed by atoms with Crippen molar-refractivity contribution >= 4 is 43.4 Å². The van der Waals surface area contributed by atoms with E-state index < -0.39 is 0 Å². The Labute approximate surface area is 232 Å². The average Bonchev–Trinajstić information content (AvgIpc) is 3.55. The number of aromatic nitrogens is 1. The van der Waals surface area contributed by atoms with E-state index in [1.165, 1.54) is 82.4 Å². The Morgan fingerprint density at radius 2 is 1.12 bits per heavy atom. The van der Waals surface area contributed by atoms with Gasteiger partial charge in [-0.05, 0) is 91.7 Å². The van der Waals surface area contributed by atoms with Crippen LogP contribution in [0.2, 0.25) is 0 Å². The first-order valence-electron chi connectivity index (χ1n) is 14.0. The summed E-state index contributed by atoms with van der Waals surface area (Å²) >= 11 is 0. The normalized spacial score (nSPS) is 12.4. The summed E-state index contributed by atoms with van der Waals surface area (Å²) in [5, 5.41) is 7.83. The zero-order valence-electron chi connectivity index (χ0n) is 21.9. The fourth-order valence-corrected chi connectivity index (χ4v) is 6.97. The fraction of sp³-hybridized carbons (Fsp3) is 0.0256. The van der Waals surface area contributed by atoms with Crippen LogP contribution in [0.1, 0.15) is 11.1 Å². The second kappa shape index (κ2) is 8.18. The van der Waals surface area contributed by atoms with Gasteiger partial charge in [0.25, 0.3) is 0 Å². The first-order valence-corrected chi connectivity index (χ1v) is 14.0. The maximum absolute atomic E-state index is 2.45. The molecule has 1 heterocycles. The van der Waals surface area contributed by atoms with Crippen LogP contribution in [-0.2, 0) is 6.42 Å². The minimum atomic E-state index is 0.979. The number of para-hydroxylation sites is 1. The van der Waals surface area contributed by atoms with Crippen molar-refractivity contribution < 1.29 is 0 Å². The molecule has 0 unspecified atom stereocenters. The summed E-state index contributed by atoms with van der Waals surface area (Å²) in [6, 6.07) is 51.4. The van der Waals surface area contributed by atoms with Crippen LogP contribution in [-0.4, -0.2) is 4.57 Å². The van der Waals surface area contributed by atoms with Crippen LogP contribution in [0.4, 0.5) is 0 Å². The number of hydrogen-bond acceptors (Lipinski definition) is 0. The lowest BCUT2D eigenvalue weighted by molar-refractivity contribution is 1.17. The van der Waals surface area contributed by atoms with Crippen molar-refractivity contribution in [3.05, 3.63) is 151 Å². The molecule has 0 amide bonds. The number of hydrogen-bond donors (Lipinski definition) is 0. The van der Waals surface area contributed by atoms with Crippen molar-refractivity contribution in [3.8, 4) is 27.9 Å². The van der Waals surface area contributed by atoms with Crippen LogP contribution in [0.25, 0.3) is 71.3 Å². The monoisotopic (exact) mass is 507 g/mol. The molecule has 0 saturated carbocycles. The van der Waals surface area contributed by atoms with Crippen LogP contribution in [0.15, 0.2) is 140 Å². The summed E-state index contributed by atoms with van der Waals surface area (Å²) in [7, 11) is 0. The van der Waals surface area contributed by atoms with Gasteiger partial charge in [-0.15, -0.1) is 0 Å². The lowest BCUT2D eigenvalue weighted by Crippen LogP contribution is -1.94. The Bertz CT molecular complexity index is 2280. The molecule has 0 fully saturated rings. The van der Waals surface area contributed by atoms with E-state index in [-0.39, 0.29) is 0 Å². The summed E-state index contributed by atoms with van der Waals surface area (Å²) in [4.78, 5) is 0. The summed E-state index contributed by atoms with van der Waals surface area (Å²) < 4.78 is 2.44. The van der Waals surface area contributed by atoms with Crippen LogP contribution >= 0.6 is 0 Å². The third kappa shape index (κ3) is 3.03. The largest absolute Gasteiger partial charge is 0.309 e. The molecule has 1 nitrogen and oxygen atoms in total. The first kappa shape index (κ1) is 21.8. The van der Waals surface area contributed by atoms with Gasteiger partial charge in [-0.25, -0.2) is 0 Å². The number of benzene rings is 7. The van der Waals surface area contributed by atoms with Gasteiger partial charge < -0.3 is 4.57 Å². The lowest BCUT2D eigenvalue weighted by atomic mass is 9.97. The first-order chi connectivity index (χ1) is 19.8. The minimum absolute atomic E-state index is 0.979. The van der Waals surface area contributed by atoms with Crippen molar-refractivity contribution in [1.29, 1.82) is 0 Å². The van der Waals surface area contributed by atoms with Gasteiger partial charge in [0.15, 0.2) is 0 Å². The van der Waals surface area contributed by atoms with E-state index >= 15 is 0 Å². The van der Waals surface area contributed by atoms with Gasteiger partial charge in [-0.1, -0.05) is 109 Å². The second-order valence-corrected chi connectivity index (χ2v) is 11.0. The molecule has 0 atom stereocenters. The number of fused-ring (bicyclic) bond motifs is 9. The molecule has 1 aliphatic rings. The van der Waals surface area contributed by atoms with Crippen molar-refractivity contribution in [2.45, 2.75) is 6.42 Å². The zero-order chi connectivity index (χ0) is 26.2. The molecular weight excluding hydrogens is 482 g/mol. The lowest BCUT2D eigenvalue weighted by Gasteiger charge is -2.11. The molecule has 0 N–H and O–H groups in total. The molecule has 0 radical (unpaired) electrons. The predicted molar refractivity (Wildman–Crippen MR) is 169 cm³/mol. The molecule has 9 rings (SSSR count). The van der Waals surface area contributed by atoms with Crippen molar-refractivity contribution in [2.24, 2.45) is 0 Å². The van der Waals surface area contributed by atoms with Crippen LogP contribution < -0.4 is 0 Å². The molecule has 0 saturated heterocycles. The zero-order valence-corrected chi connectivity index (χ0v) is 21.9. The molecule has 0 bridgehead atoms. The van der Waals surface area contributed by atoms with E-state index in [1.807, 2.05) is 0 Å². The molecule has 1 heteroatoms.